The van der Waals surface area contributed by atoms with Crippen LogP contribution in [0.1, 0.15) is 12.8 Å². The summed E-state index contributed by atoms with van der Waals surface area (Å²) in [6, 6.07) is 0. The molecular formula is C5H9O2P. The summed E-state index contributed by atoms with van der Waals surface area (Å²) in [5.41, 5.74) is 0. The van der Waals surface area contributed by atoms with Crippen LogP contribution in [-0.4, -0.2) is 5.97 Å². The zero-order valence-corrected chi connectivity index (χ0v) is 5.75. The third kappa shape index (κ3) is 3.82. The second-order valence-corrected chi connectivity index (χ2v) is 1.55. The number of hydrogen-bond donors (Lipinski definition) is 0. The molecule has 0 amide bonds. The first-order valence-corrected chi connectivity index (χ1v) is 2.79. The monoisotopic (exact) mass is 132 g/mol. The van der Waals surface area contributed by atoms with Gasteiger partial charge in [-0.2, -0.15) is 0 Å². The Labute approximate surface area is 51.2 Å². The molecule has 0 radical (unpaired) electrons. The minimum atomic E-state index is -0.213. The van der Waals surface area contributed by atoms with Gasteiger partial charge in [0.05, 0.1) is 9.47 Å². The molecule has 0 fully saturated rings. The van der Waals surface area contributed by atoms with Crippen molar-refractivity contribution < 1.29 is 9.32 Å². The molecule has 0 bridgehead atoms. The van der Waals surface area contributed by atoms with E-state index in [1.165, 1.54) is 0 Å². The third-order valence-electron chi connectivity index (χ3n) is 0.684. The van der Waals surface area contributed by atoms with Crippen LogP contribution in [0.3, 0.4) is 0 Å². The lowest BCUT2D eigenvalue weighted by atomic mass is 10.3. The maximum absolute atomic E-state index is 10.3. The first-order chi connectivity index (χ1) is 3.81. The SMILES string of the molecule is C=CCCC(=O)OP. The minimum absolute atomic E-state index is 0.213. The highest BCUT2D eigenvalue weighted by atomic mass is 31.0. The summed E-state index contributed by atoms with van der Waals surface area (Å²) in [4.78, 5) is 10.3. The van der Waals surface area contributed by atoms with E-state index in [4.69, 9.17) is 0 Å². The molecule has 0 aliphatic rings. The van der Waals surface area contributed by atoms with Crippen LogP contribution in [0.2, 0.25) is 0 Å². The van der Waals surface area contributed by atoms with Gasteiger partial charge in [0.1, 0.15) is 0 Å². The predicted molar refractivity (Wildman–Crippen MR) is 35.2 cm³/mol. The van der Waals surface area contributed by atoms with Crippen LogP contribution >= 0.6 is 9.47 Å². The van der Waals surface area contributed by atoms with E-state index in [1.54, 1.807) is 6.08 Å². The van der Waals surface area contributed by atoms with Gasteiger partial charge in [0.15, 0.2) is 0 Å². The molecule has 3 heteroatoms. The van der Waals surface area contributed by atoms with E-state index in [9.17, 15) is 4.79 Å². The van der Waals surface area contributed by atoms with Gasteiger partial charge in [0.2, 0.25) is 0 Å². The van der Waals surface area contributed by atoms with E-state index in [0.717, 1.165) is 0 Å². The topological polar surface area (TPSA) is 26.3 Å². The van der Waals surface area contributed by atoms with E-state index >= 15 is 0 Å². The van der Waals surface area contributed by atoms with Crippen LogP contribution in [-0.2, 0) is 9.32 Å². The van der Waals surface area contributed by atoms with Gasteiger partial charge in [-0.3, -0.25) is 4.79 Å². The molecule has 0 aromatic carbocycles. The van der Waals surface area contributed by atoms with Crippen LogP contribution in [0.15, 0.2) is 12.7 Å². The molecule has 0 aromatic heterocycles. The molecule has 0 N–H and O–H groups in total. The normalized spacial score (nSPS) is 8.12. The lowest BCUT2D eigenvalue weighted by Gasteiger charge is -1.91. The van der Waals surface area contributed by atoms with Gasteiger partial charge < -0.3 is 4.52 Å². The molecule has 0 saturated carbocycles. The third-order valence-corrected chi connectivity index (χ3v) is 0.947. The summed E-state index contributed by atoms with van der Waals surface area (Å²) in [5, 5.41) is 0. The van der Waals surface area contributed by atoms with Crippen LogP contribution in [0, 0.1) is 0 Å². The Morgan fingerprint density at radius 2 is 2.50 bits per heavy atom. The summed E-state index contributed by atoms with van der Waals surface area (Å²) in [6.45, 7) is 3.45. The first-order valence-electron chi connectivity index (χ1n) is 2.31. The summed E-state index contributed by atoms with van der Waals surface area (Å²) in [6.07, 6.45) is 2.79. The fourth-order valence-electron chi connectivity index (χ4n) is 0.279. The van der Waals surface area contributed by atoms with Crippen molar-refractivity contribution >= 4 is 15.4 Å². The van der Waals surface area contributed by atoms with Crippen LogP contribution < -0.4 is 0 Å². The van der Waals surface area contributed by atoms with Crippen molar-refractivity contribution in [2.45, 2.75) is 12.8 Å². The fraction of sp³-hybridized carbons (Fsp3) is 0.400. The second-order valence-electron chi connectivity index (χ2n) is 1.32. The molecule has 0 saturated heterocycles. The summed E-state index contributed by atoms with van der Waals surface area (Å²) < 4.78 is 4.28. The number of carbonyl (C=O) groups is 1. The van der Waals surface area contributed by atoms with Crippen molar-refractivity contribution in [1.82, 2.24) is 0 Å². The number of hydrogen-bond acceptors (Lipinski definition) is 2. The summed E-state index contributed by atoms with van der Waals surface area (Å²) in [5.74, 6) is -0.213. The lowest BCUT2D eigenvalue weighted by molar-refractivity contribution is -0.133. The smallest absolute Gasteiger partial charge is 0.308 e. The van der Waals surface area contributed by atoms with Crippen molar-refractivity contribution in [2.75, 3.05) is 0 Å². The molecular weight excluding hydrogens is 123 g/mol. The number of allylic oxidation sites excluding steroid dienone is 1. The van der Waals surface area contributed by atoms with Gasteiger partial charge >= 0.3 is 5.97 Å². The predicted octanol–water partition coefficient (Wildman–Crippen LogP) is 1.29. The van der Waals surface area contributed by atoms with Crippen LogP contribution in [0.4, 0.5) is 0 Å². The average Bonchev–Trinajstić information content (AvgIpc) is 1.83. The van der Waals surface area contributed by atoms with Crippen molar-refractivity contribution in [3.8, 4) is 0 Å². The largest absolute Gasteiger partial charge is 0.451 e. The summed E-state index contributed by atoms with van der Waals surface area (Å²) >= 11 is 0. The van der Waals surface area contributed by atoms with E-state index in [1.807, 2.05) is 9.47 Å². The molecule has 0 rings (SSSR count). The van der Waals surface area contributed by atoms with Gasteiger partial charge in [-0.05, 0) is 6.42 Å². The molecule has 0 heterocycles. The highest BCUT2D eigenvalue weighted by Crippen LogP contribution is 1.95. The molecule has 46 valence electrons. The van der Waals surface area contributed by atoms with Crippen molar-refractivity contribution in [3.05, 3.63) is 12.7 Å². The van der Waals surface area contributed by atoms with Gasteiger partial charge in [-0.1, -0.05) is 6.08 Å². The molecule has 0 aromatic rings. The van der Waals surface area contributed by atoms with Crippen molar-refractivity contribution in [1.29, 1.82) is 0 Å². The zero-order valence-electron chi connectivity index (χ0n) is 4.59. The molecule has 1 unspecified atom stereocenters. The molecule has 1 atom stereocenters. The van der Waals surface area contributed by atoms with Gasteiger partial charge in [0, 0.05) is 6.42 Å². The van der Waals surface area contributed by atoms with Crippen molar-refractivity contribution in [2.24, 2.45) is 0 Å². The quantitative estimate of drug-likeness (QED) is 0.427. The Bertz CT molecular complexity index is 90.4. The molecule has 0 spiro atoms. The van der Waals surface area contributed by atoms with E-state index in [-0.39, 0.29) is 5.97 Å². The Hall–Kier alpha value is -0.360. The maximum atomic E-state index is 10.3. The van der Waals surface area contributed by atoms with Crippen LogP contribution in [0.5, 0.6) is 0 Å². The van der Waals surface area contributed by atoms with E-state index < -0.39 is 0 Å². The van der Waals surface area contributed by atoms with Gasteiger partial charge in [0.25, 0.3) is 0 Å². The van der Waals surface area contributed by atoms with Crippen LogP contribution in [0.25, 0.3) is 0 Å². The number of rotatable bonds is 3. The molecule has 2 nitrogen and oxygen atoms in total. The molecule has 0 aliphatic heterocycles. The first kappa shape index (κ1) is 7.64. The Balaban J connectivity index is 3.11. The highest BCUT2D eigenvalue weighted by molar-refractivity contribution is 7.10. The second kappa shape index (κ2) is 4.79. The lowest BCUT2D eigenvalue weighted by Crippen LogP contribution is -1.93. The number of carbonyl (C=O) groups excluding carboxylic acids is 1. The average molecular weight is 132 g/mol. The zero-order chi connectivity index (χ0) is 6.41. The van der Waals surface area contributed by atoms with Crippen molar-refractivity contribution in [3.63, 3.8) is 0 Å². The minimum Gasteiger partial charge on any atom is -0.451 e. The Morgan fingerprint density at radius 1 is 1.88 bits per heavy atom. The van der Waals surface area contributed by atoms with Gasteiger partial charge in [-0.15, -0.1) is 6.58 Å². The maximum Gasteiger partial charge on any atom is 0.308 e. The molecule has 8 heavy (non-hydrogen) atoms. The summed E-state index contributed by atoms with van der Waals surface area (Å²) in [7, 11) is 1.91. The Kier molecular flexibility index (Phi) is 4.58. The molecule has 0 aliphatic carbocycles. The fourth-order valence-corrected chi connectivity index (χ4v) is 0.397. The van der Waals surface area contributed by atoms with E-state index in [0.29, 0.717) is 12.8 Å². The Morgan fingerprint density at radius 3 is 2.88 bits per heavy atom. The standard InChI is InChI=1S/C5H9O2P/c1-2-3-4-5(6)7-8/h2H,1,3-4,8H2. The highest BCUT2D eigenvalue weighted by Gasteiger charge is 1.94. The van der Waals surface area contributed by atoms with Gasteiger partial charge in [-0.25, -0.2) is 0 Å². The van der Waals surface area contributed by atoms with E-state index in [2.05, 4.69) is 11.1 Å².